The van der Waals surface area contributed by atoms with E-state index in [9.17, 15) is 18.0 Å². The van der Waals surface area contributed by atoms with E-state index in [0.717, 1.165) is 0 Å². The summed E-state index contributed by atoms with van der Waals surface area (Å²) in [4.78, 5) is 10.8. The molecule has 1 aliphatic rings. The minimum atomic E-state index is -4.51. The van der Waals surface area contributed by atoms with Gasteiger partial charge in [0.25, 0.3) is 0 Å². The number of aliphatic carboxylic acids is 1. The molecule has 1 aromatic heterocycles. The minimum Gasteiger partial charge on any atom is -0.481 e. The van der Waals surface area contributed by atoms with E-state index in [1.807, 2.05) is 0 Å². The van der Waals surface area contributed by atoms with E-state index in [4.69, 9.17) is 5.11 Å². The zero-order valence-corrected chi connectivity index (χ0v) is 8.24. The van der Waals surface area contributed by atoms with Gasteiger partial charge in [-0.3, -0.25) is 4.79 Å². The highest BCUT2D eigenvalue weighted by atomic mass is 19.4. The molecule has 0 bridgehead atoms. The number of alkyl halides is 3. The van der Waals surface area contributed by atoms with Gasteiger partial charge in [-0.25, -0.2) is 0 Å². The Bertz CT molecular complexity index is 410. The van der Waals surface area contributed by atoms with Crippen LogP contribution < -0.4 is 0 Å². The molecule has 1 N–H and O–H groups in total. The smallest absolute Gasteiger partial charge is 0.398 e. The van der Waals surface area contributed by atoms with E-state index in [0.29, 0.717) is 6.54 Å². The van der Waals surface area contributed by atoms with Crippen molar-refractivity contribution in [3.05, 3.63) is 24.0 Å². The Balaban J connectivity index is 2.45. The molecule has 0 aliphatic carbocycles. The molecule has 1 aromatic rings. The molecule has 2 heterocycles. The number of hydrogen-bond donors (Lipinski definition) is 1. The van der Waals surface area contributed by atoms with Gasteiger partial charge in [0, 0.05) is 18.4 Å². The molecule has 0 saturated carbocycles. The van der Waals surface area contributed by atoms with E-state index < -0.39 is 24.0 Å². The van der Waals surface area contributed by atoms with Crippen molar-refractivity contribution in [2.24, 2.45) is 5.92 Å². The van der Waals surface area contributed by atoms with Gasteiger partial charge in [0.2, 0.25) is 0 Å². The molecule has 0 radical (unpaired) electrons. The second-order valence-corrected chi connectivity index (χ2v) is 3.88. The number of fused-ring (bicyclic) bond motifs is 1. The molecule has 2 atom stereocenters. The highest BCUT2D eigenvalue weighted by Crippen LogP contribution is 2.44. The maximum absolute atomic E-state index is 12.8. The van der Waals surface area contributed by atoms with Gasteiger partial charge in [0.15, 0.2) is 0 Å². The van der Waals surface area contributed by atoms with Crippen molar-refractivity contribution < 1.29 is 23.1 Å². The summed E-state index contributed by atoms with van der Waals surface area (Å²) in [5, 5.41) is 8.83. The number of nitrogens with zero attached hydrogens (tertiary/aromatic N) is 1. The van der Waals surface area contributed by atoms with Gasteiger partial charge in [0.1, 0.15) is 5.92 Å². The predicted octanol–water partition coefficient (Wildman–Crippen LogP) is 2.24. The third-order valence-corrected chi connectivity index (χ3v) is 2.94. The van der Waals surface area contributed by atoms with Crippen LogP contribution in [-0.4, -0.2) is 21.8 Å². The lowest BCUT2D eigenvalue weighted by Crippen LogP contribution is -2.38. The lowest BCUT2D eigenvalue weighted by atomic mass is 9.84. The monoisotopic (exact) mass is 233 g/mol. The molecule has 0 spiro atoms. The lowest BCUT2D eigenvalue weighted by molar-refractivity contribution is -0.179. The summed E-state index contributed by atoms with van der Waals surface area (Å²) in [5.41, 5.74) is 0.0474. The minimum absolute atomic E-state index is 0.0151. The second kappa shape index (κ2) is 3.54. The Morgan fingerprint density at radius 1 is 1.50 bits per heavy atom. The summed E-state index contributed by atoms with van der Waals surface area (Å²) in [7, 11) is 0. The first-order chi connectivity index (χ1) is 7.41. The average Bonchev–Trinajstić information content (AvgIpc) is 2.61. The third-order valence-electron chi connectivity index (χ3n) is 2.94. The Labute approximate surface area is 89.5 Å². The van der Waals surface area contributed by atoms with Gasteiger partial charge in [0.05, 0.1) is 5.92 Å². The predicted molar refractivity (Wildman–Crippen MR) is 49.0 cm³/mol. The van der Waals surface area contributed by atoms with Crippen LogP contribution >= 0.6 is 0 Å². The molecule has 88 valence electrons. The number of carboxylic acid groups (broad SMARTS) is 1. The molecular formula is C10H10F3NO2. The maximum Gasteiger partial charge on any atom is 0.398 e. The lowest BCUT2D eigenvalue weighted by Gasteiger charge is -2.31. The van der Waals surface area contributed by atoms with E-state index >= 15 is 0 Å². The van der Waals surface area contributed by atoms with Crippen molar-refractivity contribution in [1.29, 1.82) is 0 Å². The van der Waals surface area contributed by atoms with Crippen LogP contribution in [0.4, 0.5) is 13.2 Å². The Kier molecular flexibility index (Phi) is 2.44. The summed E-state index contributed by atoms with van der Waals surface area (Å²) < 4.78 is 40.0. The number of hydrogen-bond acceptors (Lipinski definition) is 1. The standard InChI is InChI=1S/C10H10F3NO2/c11-10(12,13)8-6(9(15)16)3-5-14-4-1-2-7(8)14/h1-2,4,6,8H,3,5H2,(H,15,16)/t6-,8+/m1/s1. The largest absolute Gasteiger partial charge is 0.481 e. The van der Waals surface area contributed by atoms with Crippen LogP contribution in [0.3, 0.4) is 0 Å². The van der Waals surface area contributed by atoms with Crippen molar-refractivity contribution in [2.45, 2.75) is 25.1 Å². The maximum atomic E-state index is 12.8. The molecule has 0 saturated heterocycles. The first kappa shape index (κ1) is 11.0. The fourth-order valence-electron chi connectivity index (χ4n) is 2.23. The van der Waals surface area contributed by atoms with Crippen molar-refractivity contribution >= 4 is 5.97 Å². The van der Waals surface area contributed by atoms with E-state index in [1.54, 1.807) is 6.20 Å². The molecule has 0 aromatic carbocycles. The van der Waals surface area contributed by atoms with Gasteiger partial charge in [-0.2, -0.15) is 13.2 Å². The Morgan fingerprint density at radius 2 is 2.19 bits per heavy atom. The quantitative estimate of drug-likeness (QED) is 0.808. The number of rotatable bonds is 1. The zero-order valence-electron chi connectivity index (χ0n) is 8.24. The Hall–Kier alpha value is -1.46. The van der Waals surface area contributed by atoms with Crippen LogP contribution in [0.2, 0.25) is 0 Å². The molecule has 0 unspecified atom stereocenters. The highest BCUT2D eigenvalue weighted by Gasteiger charge is 2.51. The van der Waals surface area contributed by atoms with E-state index in [1.165, 1.54) is 16.7 Å². The molecule has 2 rings (SSSR count). The number of carbonyl (C=O) groups is 1. The molecule has 3 nitrogen and oxygen atoms in total. The average molecular weight is 233 g/mol. The zero-order chi connectivity index (χ0) is 11.9. The van der Waals surface area contributed by atoms with Gasteiger partial charge >= 0.3 is 12.1 Å². The van der Waals surface area contributed by atoms with Crippen LogP contribution in [0.25, 0.3) is 0 Å². The SMILES string of the molecule is O=C(O)[C@@H]1CCn2cccc2[C@H]1C(F)(F)F. The molecular weight excluding hydrogens is 223 g/mol. The summed E-state index contributed by atoms with van der Waals surface area (Å²) in [5.74, 6) is -4.65. The third kappa shape index (κ3) is 1.68. The topological polar surface area (TPSA) is 42.2 Å². The van der Waals surface area contributed by atoms with Crippen molar-refractivity contribution in [1.82, 2.24) is 4.57 Å². The Morgan fingerprint density at radius 3 is 2.75 bits per heavy atom. The van der Waals surface area contributed by atoms with Gasteiger partial charge in [-0.1, -0.05) is 0 Å². The number of halogens is 3. The molecule has 0 fully saturated rings. The first-order valence-electron chi connectivity index (χ1n) is 4.86. The summed E-state index contributed by atoms with van der Waals surface area (Å²) in [6.07, 6.45) is -2.95. The van der Waals surface area contributed by atoms with Crippen molar-refractivity contribution in [3.8, 4) is 0 Å². The van der Waals surface area contributed by atoms with Gasteiger partial charge in [-0.05, 0) is 18.6 Å². The van der Waals surface area contributed by atoms with Crippen LogP contribution in [0.15, 0.2) is 18.3 Å². The van der Waals surface area contributed by atoms with Gasteiger partial charge in [-0.15, -0.1) is 0 Å². The molecule has 0 amide bonds. The number of aryl methyl sites for hydroxylation is 1. The first-order valence-corrected chi connectivity index (χ1v) is 4.86. The molecule has 6 heteroatoms. The van der Waals surface area contributed by atoms with Crippen molar-refractivity contribution in [3.63, 3.8) is 0 Å². The van der Waals surface area contributed by atoms with E-state index in [2.05, 4.69) is 0 Å². The van der Waals surface area contributed by atoms with Crippen LogP contribution in [0, 0.1) is 5.92 Å². The van der Waals surface area contributed by atoms with Crippen LogP contribution in [-0.2, 0) is 11.3 Å². The highest BCUT2D eigenvalue weighted by molar-refractivity contribution is 5.71. The second-order valence-electron chi connectivity index (χ2n) is 3.88. The summed E-state index contributed by atoms with van der Waals surface area (Å²) >= 11 is 0. The fraction of sp³-hybridized carbons (Fsp3) is 0.500. The number of carboxylic acids is 1. The summed E-state index contributed by atoms with van der Waals surface area (Å²) in [6, 6.07) is 2.85. The van der Waals surface area contributed by atoms with Crippen LogP contribution in [0.1, 0.15) is 18.0 Å². The van der Waals surface area contributed by atoms with E-state index in [-0.39, 0.29) is 12.1 Å². The fourth-order valence-corrected chi connectivity index (χ4v) is 2.23. The van der Waals surface area contributed by atoms with Crippen molar-refractivity contribution in [2.75, 3.05) is 0 Å². The normalized spacial score (nSPS) is 25.2. The van der Waals surface area contributed by atoms with Crippen LogP contribution in [0.5, 0.6) is 0 Å². The number of aromatic nitrogens is 1. The molecule has 1 aliphatic heterocycles. The van der Waals surface area contributed by atoms with Gasteiger partial charge < -0.3 is 9.67 Å². The molecule has 16 heavy (non-hydrogen) atoms. The summed E-state index contributed by atoms with van der Waals surface area (Å²) in [6.45, 7) is 0.325.